The monoisotopic (exact) mass is 378 g/mol. The maximum atomic E-state index is 12.7. The van der Waals surface area contributed by atoms with E-state index in [-0.39, 0.29) is 5.91 Å². The predicted molar refractivity (Wildman–Crippen MR) is 111 cm³/mol. The summed E-state index contributed by atoms with van der Waals surface area (Å²) >= 11 is 0. The highest BCUT2D eigenvalue weighted by molar-refractivity contribution is 5.95. The van der Waals surface area contributed by atoms with Crippen molar-refractivity contribution in [1.82, 2.24) is 14.9 Å². The van der Waals surface area contributed by atoms with E-state index in [4.69, 9.17) is 4.74 Å². The third-order valence-corrected chi connectivity index (χ3v) is 5.36. The van der Waals surface area contributed by atoms with Crippen molar-refractivity contribution in [2.45, 2.75) is 26.8 Å². The van der Waals surface area contributed by atoms with E-state index in [1.54, 1.807) is 12.3 Å². The quantitative estimate of drug-likeness (QED) is 0.713. The van der Waals surface area contributed by atoms with Crippen LogP contribution in [0.25, 0.3) is 10.9 Å². The SMILES string of the molecule is CCc1[nH]c2ccc(CNc3cc(C(=O)N4CCOCC4)ccn3)cc2c1C. The molecule has 1 fully saturated rings. The number of ether oxygens (including phenoxy) is 1. The summed E-state index contributed by atoms with van der Waals surface area (Å²) in [7, 11) is 0. The Balaban J connectivity index is 1.47. The standard InChI is InChI=1S/C22H26N4O2/c1-3-19-15(2)18-12-16(4-5-20(18)25-19)14-24-21-13-17(6-7-23-21)22(27)26-8-10-28-11-9-26/h4-7,12-13,25H,3,8-11,14H2,1-2H3,(H,23,24). The van der Waals surface area contributed by atoms with Crippen LogP contribution in [-0.2, 0) is 17.7 Å². The number of benzene rings is 1. The zero-order valence-corrected chi connectivity index (χ0v) is 16.4. The van der Waals surface area contributed by atoms with Crippen molar-refractivity contribution in [2.75, 3.05) is 31.6 Å². The van der Waals surface area contributed by atoms with Gasteiger partial charge in [-0.15, -0.1) is 0 Å². The van der Waals surface area contributed by atoms with Crippen molar-refractivity contribution < 1.29 is 9.53 Å². The van der Waals surface area contributed by atoms with Crippen molar-refractivity contribution in [3.63, 3.8) is 0 Å². The molecule has 3 aromatic rings. The van der Waals surface area contributed by atoms with Gasteiger partial charge in [0.05, 0.1) is 13.2 Å². The predicted octanol–water partition coefficient (Wildman–Crippen LogP) is 3.52. The van der Waals surface area contributed by atoms with Crippen LogP contribution in [0.5, 0.6) is 0 Å². The van der Waals surface area contributed by atoms with Gasteiger partial charge in [-0.2, -0.15) is 0 Å². The lowest BCUT2D eigenvalue weighted by molar-refractivity contribution is 0.0303. The number of anilines is 1. The number of hydrogen-bond donors (Lipinski definition) is 2. The number of morpholine rings is 1. The molecule has 0 spiro atoms. The van der Waals surface area contributed by atoms with Crippen molar-refractivity contribution in [3.05, 3.63) is 58.9 Å². The first-order valence-corrected chi connectivity index (χ1v) is 9.82. The largest absolute Gasteiger partial charge is 0.378 e. The summed E-state index contributed by atoms with van der Waals surface area (Å²) in [6.45, 7) is 7.46. The number of aryl methyl sites for hydroxylation is 2. The normalized spacial score (nSPS) is 14.4. The third-order valence-electron chi connectivity index (χ3n) is 5.36. The number of nitrogens with one attached hydrogen (secondary N) is 2. The van der Waals surface area contributed by atoms with Crippen LogP contribution in [0, 0.1) is 6.92 Å². The second-order valence-corrected chi connectivity index (χ2v) is 7.15. The molecule has 3 heterocycles. The molecule has 0 radical (unpaired) electrons. The average Bonchev–Trinajstić information content (AvgIpc) is 3.08. The Morgan fingerprint density at radius 2 is 2.07 bits per heavy atom. The number of aromatic nitrogens is 2. The van der Waals surface area contributed by atoms with Crippen molar-refractivity contribution in [3.8, 4) is 0 Å². The van der Waals surface area contributed by atoms with E-state index in [2.05, 4.69) is 47.3 Å². The molecule has 1 aliphatic rings. The first-order chi connectivity index (χ1) is 13.7. The van der Waals surface area contributed by atoms with Crippen LogP contribution < -0.4 is 5.32 Å². The van der Waals surface area contributed by atoms with Gasteiger partial charge in [-0.05, 0) is 48.7 Å². The van der Waals surface area contributed by atoms with Gasteiger partial charge < -0.3 is 19.9 Å². The highest BCUT2D eigenvalue weighted by Gasteiger charge is 2.18. The van der Waals surface area contributed by atoms with E-state index < -0.39 is 0 Å². The van der Waals surface area contributed by atoms with E-state index in [1.165, 1.54) is 27.7 Å². The Bertz CT molecular complexity index is 989. The van der Waals surface area contributed by atoms with Crippen LogP contribution in [0.4, 0.5) is 5.82 Å². The molecule has 6 nitrogen and oxygen atoms in total. The Kier molecular flexibility index (Phi) is 5.30. The van der Waals surface area contributed by atoms with Crippen molar-refractivity contribution in [2.24, 2.45) is 0 Å². The molecule has 0 saturated carbocycles. The molecular weight excluding hydrogens is 352 g/mol. The highest BCUT2D eigenvalue weighted by Crippen LogP contribution is 2.23. The summed E-state index contributed by atoms with van der Waals surface area (Å²) in [5, 5.41) is 4.61. The maximum absolute atomic E-state index is 12.7. The van der Waals surface area contributed by atoms with Gasteiger partial charge in [-0.1, -0.05) is 13.0 Å². The summed E-state index contributed by atoms with van der Waals surface area (Å²) in [5.74, 6) is 0.740. The zero-order chi connectivity index (χ0) is 19.5. The number of nitrogens with zero attached hydrogens (tertiary/aromatic N) is 2. The lowest BCUT2D eigenvalue weighted by Crippen LogP contribution is -2.40. The summed E-state index contributed by atoms with van der Waals surface area (Å²) in [6, 6.07) is 10.1. The van der Waals surface area contributed by atoms with E-state index in [1.807, 2.05) is 11.0 Å². The van der Waals surface area contributed by atoms with Crippen molar-refractivity contribution >= 4 is 22.6 Å². The first-order valence-electron chi connectivity index (χ1n) is 9.82. The molecule has 1 aliphatic heterocycles. The van der Waals surface area contributed by atoms with Crippen LogP contribution in [-0.4, -0.2) is 47.1 Å². The molecule has 0 aliphatic carbocycles. The number of rotatable bonds is 5. The van der Waals surface area contributed by atoms with E-state index in [9.17, 15) is 4.79 Å². The molecule has 0 bridgehead atoms. The van der Waals surface area contributed by atoms with Gasteiger partial charge in [0.1, 0.15) is 5.82 Å². The van der Waals surface area contributed by atoms with Crippen LogP contribution in [0.2, 0.25) is 0 Å². The Hall–Kier alpha value is -2.86. The molecule has 2 aromatic heterocycles. The Morgan fingerprint density at radius 3 is 2.86 bits per heavy atom. The number of carbonyl (C=O) groups is 1. The smallest absolute Gasteiger partial charge is 0.254 e. The number of amides is 1. The molecule has 1 amide bonds. The second kappa shape index (κ2) is 8.02. The fraction of sp³-hybridized carbons (Fsp3) is 0.364. The highest BCUT2D eigenvalue weighted by atomic mass is 16.5. The summed E-state index contributed by atoms with van der Waals surface area (Å²) in [5.41, 5.74) is 5.62. The van der Waals surface area contributed by atoms with Gasteiger partial charge in [0.15, 0.2) is 0 Å². The molecule has 146 valence electrons. The van der Waals surface area contributed by atoms with Gasteiger partial charge in [-0.25, -0.2) is 4.98 Å². The summed E-state index contributed by atoms with van der Waals surface area (Å²) in [6.07, 6.45) is 2.69. The van der Waals surface area contributed by atoms with Crippen molar-refractivity contribution in [1.29, 1.82) is 0 Å². The fourth-order valence-electron chi connectivity index (χ4n) is 3.69. The number of aromatic amines is 1. The van der Waals surface area contributed by atoms with Gasteiger partial charge in [-0.3, -0.25) is 4.79 Å². The maximum Gasteiger partial charge on any atom is 0.254 e. The van der Waals surface area contributed by atoms with Crippen LogP contribution in [0.3, 0.4) is 0 Å². The molecule has 28 heavy (non-hydrogen) atoms. The molecule has 6 heteroatoms. The minimum Gasteiger partial charge on any atom is -0.378 e. The van der Waals surface area contributed by atoms with Crippen LogP contribution in [0.1, 0.15) is 34.1 Å². The second-order valence-electron chi connectivity index (χ2n) is 7.15. The Labute approximate surface area is 164 Å². The summed E-state index contributed by atoms with van der Waals surface area (Å²) < 4.78 is 5.32. The molecule has 0 atom stereocenters. The average molecular weight is 378 g/mol. The summed E-state index contributed by atoms with van der Waals surface area (Å²) in [4.78, 5) is 22.3. The van der Waals surface area contributed by atoms with Crippen LogP contribution in [0.15, 0.2) is 36.5 Å². The van der Waals surface area contributed by atoms with Gasteiger partial charge in [0.25, 0.3) is 5.91 Å². The zero-order valence-electron chi connectivity index (χ0n) is 16.4. The van der Waals surface area contributed by atoms with E-state index in [0.717, 1.165) is 6.42 Å². The number of fused-ring (bicyclic) bond motifs is 1. The lowest BCUT2D eigenvalue weighted by Gasteiger charge is -2.26. The molecular formula is C22H26N4O2. The number of H-pyrrole nitrogens is 1. The molecule has 0 unspecified atom stereocenters. The van der Waals surface area contributed by atoms with E-state index >= 15 is 0 Å². The molecule has 2 N–H and O–H groups in total. The van der Waals surface area contributed by atoms with E-state index in [0.29, 0.717) is 44.2 Å². The molecule has 4 rings (SSSR count). The number of hydrogen-bond acceptors (Lipinski definition) is 4. The minimum absolute atomic E-state index is 0.0326. The minimum atomic E-state index is 0.0326. The Morgan fingerprint density at radius 1 is 1.25 bits per heavy atom. The lowest BCUT2D eigenvalue weighted by atomic mass is 10.1. The first kappa shape index (κ1) is 18.5. The van der Waals surface area contributed by atoms with Crippen LogP contribution >= 0.6 is 0 Å². The van der Waals surface area contributed by atoms with Gasteiger partial charge >= 0.3 is 0 Å². The van der Waals surface area contributed by atoms with Gasteiger partial charge in [0.2, 0.25) is 0 Å². The molecule has 1 aromatic carbocycles. The fourth-order valence-corrected chi connectivity index (χ4v) is 3.69. The molecule has 1 saturated heterocycles. The third kappa shape index (κ3) is 3.73. The number of pyridine rings is 1. The number of carbonyl (C=O) groups excluding carboxylic acids is 1. The van der Waals surface area contributed by atoms with Gasteiger partial charge in [0, 0.05) is 48.0 Å². The topological polar surface area (TPSA) is 70.2 Å².